The van der Waals surface area contributed by atoms with Gasteiger partial charge in [-0.2, -0.15) is 0 Å². The first-order chi connectivity index (χ1) is 6.75. The summed E-state index contributed by atoms with van der Waals surface area (Å²) in [5.74, 6) is 0.452. The third-order valence-corrected chi connectivity index (χ3v) is 2.64. The molecule has 0 saturated heterocycles. The molecule has 0 unspecified atom stereocenters. The molecule has 0 atom stereocenters. The highest BCUT2D eigenvalue weighted by atomic mass is 32.1. The van der Waals surface area contributed by atoms with E-state index < -0.39 is 0 Å². The van der Waals surface area contributed by atoms with E-state index in [1.54, 1.807) is 7.11 Å². The van der Waals surface area contributed by atoms with Crippen LogP contribution in [0, 0.1) is 0 Å². The Morgan fingerprint density at radius 2 is 2.29 bits per heavy atom. The van der Waals surface area contributed by atoms with Crippen LogP contribution < -0.4 is 5.32 Å². The Morgan fingerprint density at radius 1 is 1.50 bits per heavy atom. The fourth-order valence-electron chi connectivity index (χ4n) is 1.15. The molecule has 1 rings (SSSR count). The van der Waals surface area contributed by atoms with E-state index in [4.69, 9.17) is 4.74 Å². The van der Waals surface area contributed by atoms with Gasteiger partial charge in [0.15, 0.2) is 0 Å². The molecule has 0 aliphatic heterocycles. The van der Waals surface area contributed by atoms with Crippen molar-refractivity contribution in [2.75, 3.05) is 20.3 Å². The van der Waals surface area contributed by atoms with Crippen LogP contribution in [-0.4, -0.2) is 29.8 Å². The van der Waals surface area contributed by atoms with Crippen molar-refractivity contribution in [1.82, 2.24) is 14.9 Å². The third-order valence-electron chi connectivity index (χ3n) is 1.90. The van der Waals surface area contributed by atoms with Crippen LogP contribution in [0.1, 0.15) is 30.3 Å². The van der Waals surface area contributed by atoms with Gasteiger partial charge >= 0.3 is 0 Å². The van der Waals surface area contributed by atoms with Crippen molar-refractivity contribution in [3.63, 3.8) is 0 Å². The monoisotopic (exact) mass is 215 g/mol. The predicted octanol–water partition coefficient (Wildman–Crippen LogP) is 1.40. The summed E-state index contributed by atoms with van der Waals surface area (Å²) in [6.07, 6.45) is 0. The molecule has 0 aromatic carbocycles. The molecule has 0 amide bonds. The summed E-state index contributed by atoms with van der Waals surface area (Å²) in [7, 11) is 1.70. The van der Waals surface area contributed by atoms with Gasteiger partial charge in [-0.15, -0.1) is 5.10 Å². The topological polar surface area (TPSA) is 47.0 Å². The number of nitrogens with one attached hydrogen (secondary N) is 1. The van der Waals surface area contributed by atoms with E-state index in [1.165, 1.54) is 16.4 Å². The maximum absolute atomic E-state index is 4.95. The third kappa shape index (κ3) is 3.32. The van der Waals surface area contributed by atoms with E-state index >= 15 is 0 Å². The van der Waals surface area contributed by atoms with E-state index in [9.17, 15) is 0 Å². The number of ether oxygens (including phenoxy) is 1. The number of aromatic nitrogens is 2. The van der Waals surface area contributed by atoms with Crippen LogP contribution in [0.3, 0.4) is 0 Å². The molecule has 0 radical (unpaired) electrons. The van der Waals surface area contributed by atoms with E-state index in [2.05, 4.69) is 28.8 Å². The van der Waals surface area contributed by atoms with Gasteiger partial charge in [-0.25, -0.2) is 0 Å². The maximum Gasteiger partial charge on any atom is 0.0826 e. The zero-order valence-electron chi connectivity index (χ0n) is 8.91. The number of nitrogens with zero attached hydrogens (tertiary/aromatic N) is 2. The summed E-state index contributed by atoms with van der Waals surface area (Å²) in [4.78, 5) is 1.23. The van der Waals surface area contributed by atoms with Gasteiger partial charge in [0.2, 0.25) is 0 Å². The lowest BCUT2D eigenvalue weighted by Gasteiger charge is -2.05. The molecular weight excluding hydrogens is 198 g/mol. The molecule has 0 fully saturated rings. The molecular formula is C9H17N3OS. The molecule has 1 aromatic rings. The fourth-order valence-corrected chi connectivity index (χ4v) is 1.92. The van der Waals surface area contributed by atoms with Crippen LogP contribution in [0.4, 0.5) is 0 Å². The van der Waals surface area contributed by atoms with E-state index in [-0.39, 0.29) is 0 Å². The number of hydrogen-bond donors (Lipinski definition) is 1. The molecule has 0 saturated carbocycles. The SMILES string of the molecule is COCCNCc1snnc1C(C)C. The molecule has 1 N–H and O–H groups in total. The molecule has 4 nitrogen and oxygen atoms in total. The minimum Gasteiger partial charge on any atom is -0.383 e. The summed E-state index contributed by atoms with van der Waals surface area (Å²) in [6.45, 7) is 6.72. The zero-order valence-corrected chi connectivity index (χ0v) is 9.73. The van der Waals surface area contributed by atoms with Gasteiger partial charge in [0.25, 0.3) is 0 Å². The molecule has 0 bridgehead atoms. The van der Waals surface area contributed by atoms with Gasteiger partial charge in [0.05, 0.1) is 17.2 Å². The average molecular weight is 215 g/mol. The summed E-state index contributed by atoms with van der Waals surface area (Å²) in [5.41, 5.74) is 1.11. The van der Waals surface area contributed by atoms with Crippen molar-refractivity contribution in [3.8, 4) is 0 Å². The van der Waals surface area contributed by atoms with Crippen molar-refractivity contribution in [1.29, 1.82) is 0 Å². The molecule has 0 aliphatic carbocycles. The van der Waals surface area contributed by atoms with E-state index in [0.29, 0.717) is 5.92 Å². The summed E-state index contributed by atoms with van der Waals surface area (Å²) >= 11 is 1.47. The lowest BCUT2D eigenvalue weighted by Crippen LogP contribution is -2.18. The van der Waals surface area contributed by atoms with Crippen LogP contribution >= 0.6 is 11.5 Å². The molecule has 1 heterocycles. The minimum atomic E-state index is 0.452. The van der Waals surface area contributed by atoms with Crippen molar-refractivity contribution < 1.29 is 4.74 Å². The Hall–Kier alpha value is -0.520. The summed E-state index contributed by atoms with van der Waals surface area (Å²) < 4.78 is 8.91. The summed E-state index contributed by atoms with van der Waals surface area (Å²) in [5, 5.41) is 7.40. The molecule has 1 aromatic heterocycles. The van der Waals surface area contributed by atoms with E-state index in [0.717, 1.165) is 25.4 Å². The van der Waals surface area contributed by atoms with Gasteiger partial charge in [-0.05, 0) is 17.5 Å². The van der Waals surface area contributed by atoms with Gasteiger partial charge in [0, 0.05) is 20.2 Å². The fraction of sp³-hybridized carbons (Fsp3) is 0.778. The van der Waals surface area contributed by atoms with Crippen LogP contribution in [0.15, 0.2) is 0 Å². The van der Waals surface area contributed by atoms with Gasteiger partial charge < -0.3 is 10.1 Å². The second-order valence-electron chi connectivity index (χ2n) is 3.41. The largest absolute Gasteiger partial charge is 0.383 e. The summed E-state index contributed by atoms with van der Waals surface area (Å²) in [6, 6.07) is 0. The van der Waals surface area contributed by atoms with E-state index in [1.807, 2.05) is 0 Å². The second kappa shape index (κ2) is 6.06. The maximum atomic E-state index is 4.95. The highest BCUT2D eigenvalue weighted by Gasteiger charge is 2.10. The smallest absolute Gasteiger partial charge is 0.0826 e. The van der Waals surface area contributed by atoms with Crippen molar-refractivity contribution >= 4 is 11.5 Å². The van der Waals surface area contributed by atoms with Crippen molar-refractivity contribution in [2.45, 2.75) is 26.3 Å². The van der Waals surface area contributed by atoms with Gasteiger partial charge in [0.1, 0.15) is 0 Å². The van der Waals surface area contributed by atoms with Crippen LogP contribution in [0.5, 0.6) is 0 Å². The van der Waals surface area contributed by atoms with Crippen LogP contribution in [0.2, 0.25) is 0 Å². The quantitative estimate of drug-likeness (QED) is 0.729. The predicted molar refractivity (Wildman–Crippen MR) is 57.6 cm³/mol. The standard InChI is InChI=1S/C9H17N3OS/c1-7(2)9-8(14-12-11-9)6-10-4-5-13-3/h7,10H,4-6H2,1-3H3. The molecule has 80 valence electrons. The Balaban J connectivity index is 2.38. The number of rotatable bonds is 6. The van der Waals surface area contributed by atoms with Crippen LogP contribution in [-0.2, 0) is 11.3 Å². The first kappa shape index (κ1) is 11.6. The number of methoxy groups -OCH3 is 1. The van der Waals surface area contributed by atoms with Crippen molar-refractivity contribution in [2.24, 2.45) is 0 Å². The Kier molecular flexibility index (Phi) is 5.00. The molecule has 5 heteroatoms. The molecule has 14 heavy (non-hydrogen) atoms. The van der Waals surface area contributed by atoms with Crippen molar-refractivity contribution in [3.05, 3.63) is 10.6 Å². The Morgan fingerprint density at radius 3 is 2.93 bits per heavy atom. The Bertz CT molecular complexity index is 262. The minimum absolute atomic E-state index is 0.452. The lowest BCUT2D eigenvalue weighted by molar-refractivity contribution is 0.199. The first-order valence-electron chi connectivity index (χ1n) is 4.76. The molecule has 0 aliphatic rings. The van der Waals surface area contributed by atoms with Crippen LogP contribution in [0.25, 0.3) is 0 Å². The zero-order chi connectivity index (χ0) is 10.4. The molecule has 0 spiro atoms. The number of hydrogen-bond acceptors (Lipinski definition) is 5. The highest BCUT2D eigenvalue weighted by Crippen LogP contribution is 2.18. The lowest BCUT2D eigenvalue weighted by atomic mass is 10.1. The van der Waals surface area contributed by atoms with Gasteiger partial charge in [-0.1, -0.05) is 18.3 Å². The normalized spacial score (nSPS) is 11.1. The first-order valence-corrected chi connectivity index (χ1v) is 5.53. The Labute approximate surface area is 88.8 Å². The van der Waals surface area contributed by atoms with Gasteiger partial charge in [-0.3, -0.25) is 0 Å². The second-order valence-corrected chi connectivity index (χ2v) is 4.24. The average Bonchev–Trinajstić information content (AvgIpc) is 2.60. The highest BCUT2D eigenvalue weighted by molar-refractivity contribution is 7.05.